The maximum atomic E-state index is 9.12. The Bertz CT molecular complexity index is 473. The minimum atomic E-state index is 0.0500. The van der Waals surface area contributed by atoms with Gasteiger partial charge in [-0.2, -0.15) is 5.26 Å². The molecule has 0 aromatic carbocycles. The molecular formula is C13H14N2O2. The Labute approximate surface area is 100 Å². The zero-order chi connectivity index (χ0) is 11.7. The molecule has 0 N–H and O–H groups in total. The molecule has 3 rings (SSSR count). The Morgan fingerprint density at radius 2 is 2.41 bits per heavy atom. The number of hydrogen-bond acceptors (Lipinski definition) is 4. The van der Waals surface area contributed by atoms with E-state index < -0.39 is 0 Å². The largest absolute Gasteiger partial charge is 0.471 e. The molecule has 0 amide bonds. The van der Waals surface area contributed by atoms with Gasteiger partial charge in [0.1, 0.15) is 17.7 Å². The summed E-state index contributed by atoms with van der Waals surface area (Å²) in [6, 6.07) is 4.10. The lowest BCUT2D eigenvalue weighted by molar-refractivity contribution is 0.137. The molecule has 0 spiro atoms. The highest BCUT2D eigenvalue weighted by molar-refractivity contribution is 5.44. The summed E-state index contributed by atoms with van der Waals surface area (Å²) in [5.74, 6) is 0.489. The first-order valence-electron chi connectivity index (χ1n) is 6.04. The van der Waals surface area contributed by atoms with Gasteiger partial charge in [-0.1, -0.05) is 0 Å². The minimum absolute atomic E-state index is 0.0500. The van der Waals surface area contributed by atoms with Gasteiger partial charge in [0.15, 0.2) is 0 Å². The van der Waals surface area contributed by atoms with Crippen molar-refractivity contribution in [2.24, 2.45) is 0 Å². The average Bonchev–Trinajstić information content (AvgIpc) is 2.98. The van der Waals surface area contributed by atoms with Gasteiger partial charge in [0.25, 0.3) is 0 Å². The number of aryl methyl sites for hydroxylation is 2. The molecule has 2 heterocycles. The van der Waals surface area contributed by atoms with Crippen LogP contribution < -0.4 is 4.74 Å². The maximum absolute atomic E-state index is 9.12. The molecule has 4 nitrogen and oxygen atoms in total. The van der Waals surface area contributed by atoms with Gasteiger partial charge in [-0.15, -0.1) is 0 Å². The van der Waals surface area contributed by atoms with Crippen molar-refractivity contribution in [1.82, 2.24) is 4.98 Å². The van der Waals surface area contributed by atoms with Gasteiger partial charge < -0.3 is 9.47 Å². The summed E-state index contributed by atoms with van der Waals surface area (Å²) in [6.45, 7) is 1.33. The maximum Gasteiger partial charge on any atom is 0.232 e. The number of nitriles is 1. The van der Waals surface area contributed by atoms with Crippen molar-refractivity contribution in [2.75, 3.05) is 13.2 Å². The van der Waals surface area contributed by atoms with E-state index in [1.54, 1.807) is 0 Å². The van der Waals surface area contributed by atoms with E-state index in [9.17, 15) is 0 Å². The zero-order valence-electron chi connectivity index (χ0n) is 9.61. The number of rotatable bonds is 2. The average molecular weight is 230 g/mol. The van der Waals surface area contributed by atoms with E-state index in [0.717, 1.165) is 38.0 Å². The zero-order valence-corrected chi connectivity index (χ0v) is 9.61. The molecule has 88 valence electrons. The second-order valence-corrected chi connectivity index (χ2v) is 4.52. The molecule has 0 saturated carbocycles. The van der Waals surface area contributed by atoms with Crippen molar-refractivity contribution in [3.63, 3.8) is 0 Å². The van der Waals surface area contributed by atoms with Gasteiger partial charge in [-0.05, 0) is 30.9 Å². The van der Waals surface area contributed by atoms with Crippen LogP contribution in [0.2, 0.25) is 0 Å². The van der Waals surface area contributed by atoms with Gasteiger partial charge in [0, 0.05) is 12.1 Å². The number of ether oxygens (including phenoxy) is 2. The molecule has 1 fully saturated rings. The van der Waals surface area contributed by atoms with Crippen molar-refractivity contribution < 1.29 is 9.47 Å². The molecule has 0 radical (unpaired) electrons. The fourth-order valence-electron chi connectivity index (χ4n) is 2.39. The SMILES string of the molecule is N#Cc1cc2c(nc1OC1CCOC1)CCC2. The highest BCUT2D eigenvalue weighted by atomic mass is 16.5. The van der Waals surface area contributed by atoms with E-state index in [0.29, 0.717) is 18.1 Å². The van der Waals surface area contributed by atoms with E-state index >= 15 is 0 Å². The summed E-state index contributed by atoms with van der Waals surface area (Å²) >= 11 is 0. The Kier molecular flexibility index (Phi) is 2.69. The van der Waals surface area contributed by atoms with Crippen LogP contribution in [0.5, 0.6) is 5.88 Å². The fraction of sp³-hybridized carbons (Fsp3) is 0.538. The smallest absolute Gasteiger partial charge is 0.232 e. The Morgan fingerprint density at radius 3 is 3.18 bits per heavy atom. The molecule has 1 aromatic rings. The highest BCUT2D eigenvalue weighted by Gasteiger charge is 2.22. The molecule has 17 heavy (non-hydrogen) atoms. The van der Waals surface area contributed by atoms with Crippen LogP contribution in [0.25, 0.3) is 0 Å². The monoisotopic (exact) mass is 230 g/mol. The molecular weight excluding hydrogens is 216 g/mol. The molecule has 4 heteroatoms. The van der Waals surface area contributed by atoms with Crippen LogP contribution in [0, 0.1) is 11.3 Å². The number of fused-ring (bicyclic) bond motifs is 1. The van der Waals surface area contributed by atoms with E-state index in [1.807, 2.05) is 6.07 Å². The fourth-order valence-corrected chi connectivity index (χ4v) is 2.39. The third kappa shape index (κ3) is 1.98. The standard InChI is InChI=1S/C13H14N2O2/c14-7-10-6-9-2-1-3-12(9)15-13(10)17-11-4-5-16-8-11/h6,11H,1-5,8H2. The first-order chi connectivity index (χ1) is 8.36. The summed E-state index contributed by atoms with van der Waals surface area (Å²) in [4.78, 5) is 4.49. The van der Waals surface area contributed by atoms with Crippen LogP contribution in [-0.2, 0) is 17.6 Å². The van der Waals surface area contributed by atoms with E-state index in [4.69, 9.17) is 14.7 Å². The molecule has 1 aliphatic heterocycles. The molecule has 0 bridgehead atoms. The third-order valence-corrected chi connectivity index (χ3v) is 3.30. The second kappa shape index (κ2) is 4.34. The van der Waals surface area contributed by atoms with E-state index in [2.05, 4.69) is 11.1 Å². The van der Waals surface area contributed by atoms with Crippen LogP contribution >= 0.6 is 0 Å². The van der Waals surface area contributed by atoms with Crippen LogP contribution in [-0.4, -0.2) is 24.3 Å². The van der Waals surface area contributed by atoms with Gasteiger partial charge >= 0.3 is 0 Å². The van der Waals surface area contributed by atoms with Crippen molar-refractivity contribution in [1.29, 1.82) is 5.26 Å². The first kappa shape index (κ1) is 10.5. The summed E-state index contributed by atoms with van der Waals surface area (Å²) in [5, 5.41) is 9.12. The minimum Gasteiger partial charge on any atom is -0.471 e. The Hall–Kier alpha value is -1.60. The van der Waals surface area contributed by atoms with E-state index in [1.165, 1.54) is 5.56 Å². The predicted molar refractivity (Wildman–Crippen MR) is 60.8 cm³/mol. The molecule has 2 aliphatic rings. The summed E-state index contributed by atoms with van der Waals surface area (Å²) in [6.07, 6.45) is 4.09. The van der Waals surface area contributed by atoms with Gasteiger partial charge in [0.05, 0.1) is 13.2 Å². The summed E-state index contributed by atoms with van der Waals surface area (Å²) in [7, 11) is 0. The van der Waals surface area contributed by atoms with Crippen molar-refractivity contribution in [3.8, 4) is 11.9 Å². The number of aromatic nitrogens is 1. The van der Waals surface area contributed by atoms with Crippen LogP contribution in [0.1, 0.15) is 29.7 Å². The normalized spacial score (nSPS) is 22.2. The number of hydrogen-bond donors (Lipinski definition) is 0. The lowest BCUT2D eigenvalue weighted by Gasteiger charge is -2.13. The summed E-state index contributed by atoms with van der Waals surface area (Å²) in [5.41, 5.74) is 2.85. The van der Waals surface area contributed by atoms with Crippen molar-refractivity contribution >= 4 is 0 Å². The van der Waals surface area contributed by atoms with Crippen LogP contribution in [0.3, 0.4) is 0 Å². The van der Waals surface area contributed by atoms with Crippen LogP contribution in [0.15, 0.2) is 6.07 Å². The third-order valence-electron chi connectivity index (χ3n) is 3.30. The van der Waals surface area contributed by atoms with Crippen molar-refractivity contribution in [2.45, 2.75) is 31.8 Å². The lowest BCUT2D eigenvalue weighted by atomic mass is 10.1. The van der Waals surface area contributed by atoms with Gasteiger partial charge in [-0.3, -0.25) is 0 Å². The second-order valence-electron chi connectivity index (χ2n) is 4.52. The summed E-state index contributed by atoms with van der Waals surface area (Å²) < 4.78 is 11.0. The lowest BCUT2D eigenvalue weighted by Crippen LogP contribution is -2.17. The van der Waals surface area contributed by atoms with Crippen LogP contribution in [0.4, 0.5) is 0 Å². The number of pyridine rings is 1. The number of nitrogens with zero attached hydrogens (tertiary/aromatic N) is 2. The highest BCUT2D eigenvalue weighted by Crippen LogP contribution is 2.27. The molecule has 1 saturated heterocycles. The van der Waals surface area contributed by atoms with Crippen molar-refractivity contribution in [3.05, 3.63) is 22.9 Å². The Morgan fingerprint density at radius 1 is 1.47 bits per heavy atom. The first-order valence-corrected chi connectivity index (χ1v) is 6.04. The Balaban J connectivity index is 1.89. The topological polar surface area (TPSA) is 55.1 Å². The van der Waals surface area contributed by atoms with Gasteiger partial charge in [-0.25, -0.2) is 4.98 Å². The quantitative estimate of drug-likeness (QED) is 0.774. The molecule has 1 aliphatic carbocycles. The molecule has 1 aromatic heterocycles. The molecule has 1 atom stereocenters. The van der Waals surface area contributed by atoms with Gasteiger partial charge in [0.2, 0.25) is 5.88 Å². The predicted octanol–water partition coefficient (Wildman–Crippen LogP) is 1.61. The molecule has 1 unspecified atom stereocenters. The van der Waals surface area contributed by atoms with E-state index in [-0.39, 0.29) is 6.10 Å².